The first kappa shape index (κ1) is 18.5. The van der Waals surface area contributed by atoms with Gasteiger partial charge in [-0.15, -0.1) is 0 Å². The van der Waals surface area contributed by atoms with Gasteiger partial charge in [0.15, 0.2) is 6.10 Å². The van der Waals surface area contributed by atoms with Crippen LogP contribution in [0.4, 0.5) is 5.69 Å². The van der Waals surface area contributed by atoms with Crippen LogP contribution in [0, 0.1) is 6.92 Å². The first-order chi connectivity index (χ1) is 10.3. The van der Waals surface area contributed by atoms with E-state index in [-0.39, 0.29) is 0 Å². The minimum absolute atomic E-state index is 0.382. The highest BCUT2D eigenvalue weighted by Gasteiger charge is 2.37. The van der Waals surface area contributed by atoms with Crippen LogP contribution in [0.2, 0.25) is 0 Å². The Balaban J connectivity index is 2.66. The number of hydrogen-bond acceptors (Lipinski definition) is 7. The van der Waals surface area contributed by atoms with Gasteiger partial charge in [-0.2, -0.15) is 0 Å². The van der Waals surface area contributed by atoms with Crippen LogP contribution in [0.15, 0.2) is 24.3 Å². The maximum absolute atomic E-state index is 11.8. The second kappa shape index (κ2) is 8.18. The molecule has 0 aromatic heterocycles. The van der Waals surface area contributed by atoms with E-state index in [0.717, 1.165) is 5.56 Å². The van der Waals surface area contributed by atoms with Crippen LogP contribution in [0.25, 0.3) is 0 Å². The normalized spacial score (nSPS) is 18.1. The maximum atomic E-state index is 11.8. The first-order valence-electron chi connectivity index (χ1n) is 6.66. The number of amides is 1. The number of carbonyl (C=O) groups is 1. The molecule has 0 fully saturated rings. The number of benzene rings is 1. The van der Waals surface area contributed by atoms with E-state index in [9.17, 15) is 30.3 Å². The number of aliphatic hydroxyl groups is 6. The van der Waals surface area contributed by atoms with Crippen molar-refractivity contribution in [2.24, 2.45) is 0 Å². The van der Waals surface area contributed by atoms with Crippen molar-refractivity contribution in [3.05, 3.63) is 29.8 Å². The molecule has 0 heterocycles. The van der Waals surface area contributed by atoms with Gasteiger partial charge < -0.3 is 36.0 Å². The fraction of sp³-hybridized carbons (Fsp3) is 0.500. The third-order valence-corrected chi connectivity index (χ3v) is 3.19. The summed E-state index contributed by atoms with van der Waals surface area (Å²) in [7, 11) is 0. The second-order valence-electron chi connectivity index (χ2n) is 5.02. The van der Waals surface area contributed by atoms with E-state index in [1.165, 1.54) is 0 Å². The average Bonchev–Trinajstić information content (AvgIpc) is 2.53. The number of aliphatic hydroxyl groups excluding tert-OH is 6. The summed E-state index contributed by atoms with van der Waals surface area (Å²) >= 11 is 0. The highest BCUT2D eigenvalue weighted by molar-refractivity contribution is 5.94. The zero-order valence-corrected chi connectivity index (χ0v) is 12.0. The van der Waals surface area contributed by atoms with Crippen molar-refractivity contribution in [1.29, 1.82) is 0 Å². The van der Waals surface area contributed by atoms with E-state index >= 15 is 0 Å². The molecule has 8 nitrogen and oxygen atoms in total. The summed E-state index contributed by atoms with van der Waals surface area (Å²) in [5.41, 5.74) is 1.35. The molecule has 1 rings (SSSR count). The van der Waals surface area contributed by atoms with Crippen molar-refractivity contribution in [3.63, 3.8) is 0 Å². The highest BCUT2D eigenvalue weighted by atomic mass is 16.4. The fourth-order valence-corrected chi connectivity index (χ4v) is 1.73. The largest absolute Gasteiger partial charge is 0.394 e. The minimum Gasteiger partial charge on any atom is -0.394 e. The number of hydrogen-bond donors (Lipinski definition) is 7. The summed E-state index contributed by atoms with van der Waals surface area (Å²) in [5.74, 6) is -0.985. The number of carbonyl (C=O) groups excluding carboxylic acids is 1. The van der Waals surface area contributed by atoms with Crippen molar-refractivity contribution in [2.75, 3.05) is 11.9 Å². The molecule has 8 heteroatoms. The van der Waals surface area contributed by atoms with E-state index < -0.39 is 43.0 Å². The van der Waals surface area contributed by atoms with Gasteiger partial charge in [-0.25, -0.2) is 0 Å². The van der Waals surface area contributed by atoms with Crippen LogP contribution in [-0.2, 0) is 4.79 Å². The Morgan fingerprint density at radius 1 is 1.00 bits per heavy atom. The lowest BCUT2D eigenvalue weighted by Crippen LogP contribution is -2.52. The van der Waals surface area contributed by atoms with Gasteiger partial charge in [0, 0.05) is 5.69 Å². The zero-order chi connectivity index (χ0) is 16.9. The molecule has 0 aliphatic carbocycles. The van der Waals surface area contributed by atoms with Gasteiger partial charge in [0.2, 0.25) is 0 Å². The van der Waals surface area contributed by atoms with Gasteiger partial charge in [0.25, 0.3) is 5.91 Å². The van der Waals surface area contributed by atoms with Crippen LogP contribution in [0.3, 0.4) is 0 Å². The lowest BCUT2D eigenvalue weighted by atomic mass is 9.99. The average molecular weight is 315 g/mol. The SMILES string of the molecule is Cc1ccc(NC(=O)[C@H](O)[C@H](O)[C@H](O)[C@@H](O)[C@@H](O)CO)cc1. The molecule has 0 aliphatic rings. The lowest BCUT2D eigenvalue weighted by Gasteiger charge is -2.27. The molecule has 1 aromatic carbocycles. The van der Waals surface area contributed by atoms with Crippen molar-refractivity contribution >= 4 is 11.6 Å². The standard InChI is InChI=1S/C14H21NO7/c1-7-2-4-8(5-3-7)15-14(22)13(21)12(20)11(19)10(18)9(17)6-16/h2-5,9-13,16-21H,6H2,1H3,(H,15,22)/t9-,10-,11+,12+,13+/m0/s1. The van der Waals surface area contributed by atoms with E-state index in [0.29, 0.717) is 5.69 Å². The summed E-state index contributed by atoms with van der Waals surface area (Å²) in [6, 6.07) is 6.64. The van der Waals surface area contributed by atoms with Crippen LogP contribution >= 0.6 is 0 Å². The van der Waals surface area contributed by atoms with Gasteiger partial charge in [-0.1, -0.05) is 17.7 Å². The summed E-state index contributed by atoms with van der Waals surface area (Å²) in [6.45, 7) is 1.00. The van der Waals surface area contributed by atoms with Crippen LogP contribution < -0.4 is 5.32 Å². The van der Waals surface area contributed by atoms with Gasteiger partial charge >= 0.3 is 0 Å². The Morgan fingerprint density at radius 3 is 2.05 bits per heavy atom. The molecule has 0 saturated heterocycles. The Bertz CT molecular complexity index is 479. The van der Waals surface area contributed by atoms with Gasteiger partial charge in [-0.05, 0) is 19.1 Å². The van der Waals surface area contributed by atoms with Gasteiger partial charge in [0.1, 0.15) is 24.4 Å². The minimum atomic E-state index is -2.04. The molecule has 0 radical (unpaired) electrons. The summed E-state index contributed by atoms with van der Waals surface area (Å²) in [5, 5.41) is 58.6. The number of anilines is 1. The molecule has 1 amide bonds. The predicted octanol–water partition coefficient (Wildman–Crippen LogP) is -2.27. The molecule has 124 valence electrons. The van der Waals surface area contributed by atoms with Crippen molar-refractivity contribution < 1.29 is 35.4 Å². The van der Waals surface area contributed by atoms with Crippen molar-refractivity contribution in [1.82, 2.24) is 0 Å². The maximum Gasteiger partial charge on any atom is 0.256 e. The number of nitrogens with one attached hydrogen (secondary N) is 1. The Hall–Kier alpha value is -1.55. The molecule has 7 N–H and O–H groups in total. The first-order valence-corrected chi connectivity index (χ1v) is 6.66. The zero-order valence-electron chi connectivity index (χ0n) is 12.0. The summed E-state index contributed by atoms with van der Waals surface area (Å²) in [4.78, 5) is 11.8. The molecular weight excluding hydrogens is 294 g/mol. The van der Waals surface area contributed by atoms with E-state index in [4.69, 9.17) is 5.11 Å². The molecule has 0 saturated carbocycles. The van der Waals surface area contributed by atoms with Gasteiger partial charge in [-0.3, -0.25) is 4.79 Å². The van der Waals surface area contributed by atoms with E-state index in [2.05, 4.69) is 5.32 Å². The van der Waals surface area contributed by atoms with Gasteiger partial charge in [0.05, 0.1) is 6.61 Å². The monoisotopic (exact) mass is 315 g/mol. The third kappa shape index (κ3) is 4.73. The summed E-state index contributed by atoms with van der Waals surface area (Å²) in [6.07, 6.45) is -9.71. The lowest BCUT2D eigenvalue weighted by molar-refractivity contribution is -0.153. The molecule has 22 heavy (non-hydrogen) atoms. The molecule has 0 bridgehead atoms. The Labute approximate surface area is 127 Å². The topological polar surface area (TPSA) is 150 Å². The molecule has 0 aliphatic heterocycles. The predicted molar refractivity (Wildman–Crippen MR) is 76.9 cm³/mol. The third-order valence-electron chi connectivity index (χ3n) is 3.19. The Kier molecular flexibility index (Phi) is 6.88. The Morgan fingerprint density at radius 2 is 1.55 bits per heavy atom. The molecule has 1 aromatic rings. The van der Waals surface area contributed by atoms with E-state index in [1.807, 2.05) is 6.92 Å². The van der Waals surface area contributed by atoms with E-state index in [1.54, 1.807) is 24.3 Å². The molecule has 0 unspecified atom stereocenters. The summed E-state index contributed by atoms with van der Waals surface area (Å²) < 4.78 is 0. The number of rotatable bonds is 7. The molecule has 5 atom stereocenters. The molecule has 0 spiro atoms. The second-order valence-corrected chi connectivity index (χ2v) is 5.02. The quantitative estimate of drug-likeness (QED) is 0.300. The van der Waals surface area contributed by atoms with Crippen LogP contribution in [-0.4, -0.2) is 73.7 Å². The van der Waals surface area contributed by atoms with Crippen molar-refractivity contribution in [2.45, 2.75) is 37.4 Å². The smallest absolute Gasteiger partial charge is 0.256 e. The molecular formula is C14H21NO7. The van der Waals surface area contributed by atoms with Crippen LogP contribution in [0.1, 0.15) is 5.56 Å². The fourth-order valence-electron chi connectivity index (χ4n) is 1.73. The number of aryl methyl sites for hydroxylation is 1. The van der Waals surface area contributed by atoms with Crippen molar-refractivity contribution in [3.8, 4) is 0 Å². The highest BCUT2D eigenvalue weighted by Crippen LogP contribution is 2.12. The van der Waals surface area contributed by atoms with Crippen LogP contribution in [0.5, 0.6) is 0 Å².